The maximum absolute atomic E-state index is 5.80. The second kappa shape index (κ2) is 7.46. The lowest BCUT2D eigenvalue weighted by Gasteiger charge is -2.27. The predicted molar refractivity (Wildman–Crippen MR) is 93.5 cm³/mol. The Morgan fingerprint density at radius 3 is 2.83 bits per heavy atom. The van der Waals surface area contributed by atoms with Crippen LogP contribution in [-0.4, -0.2) is 54.2 Å². The molecule has 0 bridgehead atoms. The van der Waals surface area contributed by atoms with Gasteiger partial charge in [-0.2, -0.15) is 5.10 Å². The molecule has 0 aliphatic carbocycles. The Morgan fingerprint density at radius 2 is 2.17 bits per heavy atom. The number of morpholine rings is 1. The van der Waals surface area contributed by atoms with Crippen LogP contribution in [0.15, 0.2) is 29.5 Å². The molecule has 0 radical (unpaired) electrons. The van der Waals surface area contributed by atoms with Gasteiger partial charge in [-0.1, -0.05) is 0 Å². The second-order valence-corrected chi connectivity index (χ2v) is 5.79. The number of imidazole rings is 1. The van der Waals surface area contributed by atoms with Gasteiger partial charge in [-0.25, -0.2) is 9.66 Å². The number of methoxy groups -OCH3 is 1. The van der Waals surface area contributed by atoms with Crippen LogP contribution in [-0.2, 0) is 11.3 Å². The number of benzene rings is 1. The van der Waals surface area contributed by atoms with Crippen LogP contribution >= 0.6 is 0 Å². The standard InChI is InChI=1S/C17H23N5O2/c1-13-11-22(17(18)20-13)19-10-14-3-4-16(23-2)15(9-14)12-21-5-7-24-8-6-21/h3-4,9-11H,5-8,12H2,1-2H3,(H2,18,20). The summed E-state index contributed by atoms with van der Waals surface area (Å²) in [6, 6.07) is 6.04. The molecule has 0 unspecified atom stereocenters. The van der Waals surface area contributed by atoms with Crippen molar-refractivity contribution < 1.29 is 9.47 Å². The number of nitrogens with zero attached hydrogens (tertiary/aromatic N) is 4. The summed E-state index contributed by atoms with van der Waals surface area (Å²) in [4.78, 5) is 6.49. The molecule has 0 amide bonds. The Kier molecular flexibility index (Phi) is 5.12. The van der Waals surface area contributed by atoms with Crippen LogP contribution in [0, 0.1) is 6.92 Å². The molecule has 7 nitrogen and oxygen atoms in total. The summed E-state index contributed by atoms with van der Waals surface area (Å²) in [6.07, 6.45) is 3.57. The van der Waals surface area contributed by atoms with Crippen molar-refractivity contribution in [1.82, 2.24) is 14.6 Å². The van der Waals surface area contributed by atoms with Crippen molar-refractivity contribution in [3.05, 3.63) is 41.2 Å². The molecule has 1 saturated heterocycles. The number of nitrogens with two attached hydrogens (primary N) is 1. The number of hydrogen-bond acceptors (Lipinski definition) is 6. The molecule has 0 atom stereocenters. The highest BCUT2D eigenvalue weighted by atomic mass is 16.5. The third-order valence-electron chi connectivity index (χ3n) is 3.97. The molecule has 3 rings (SSSR count). The summed E-state index contributed by atoms with van der Waals surface area (Å²) in [5.74, 6) is 1.27. The van der Waals surface area contributed by atoms with E-state index in [0.717, 1.165) is 55.4 Å². The molecule has 7 heteroatoms. The number of ether oxygens (including phenoxy) is 2. The van der Waals surface area contributed by atoms with E-state index in [-0.39, 0.29) is 0 Å². The van der Waals surface area contributed by atoms with Gasteiger partial charge in [0.1, 0.15) is 5.75 Å². The maximum atomic E-state index is 5.80. The van der Waals surface area contributed by atoms with Crippen molar-refractivity contribution in [2.24, 2.45) is 5.10 Å². The van der Waals surface area contributed by atoms with Gasteiger partial charge in [-0.3, -0.25) is 4.90 Å². The minimum atomic E-state index is 0.380. The molecular weight excluding hydrogens is 306 g/mol. The van der Waals surface area contributed by atoms with Gasteiger partial charge in [0.2, 0.25) is 5.95 Å². The van der Waals surface area contributed by atoms with Gasteiger partial charge in [0.15, 0.2) is 0 Å². The molecule has 1 aliphatic rings. The van der Waals surface area contributed by atoms with E-state index in [1.165, 1.54) is 0 Å². The number of hydrogen-bond donors (Lipinski definition) is 1. The van der Waals surface area contributed by atoms with Gasteiger partial charge in [-0.15, -0.1) is 0 Å². The summed E-state index contributed by atoms with van der Waals surface area (Å²) < 4.78 is 12.5. The summed E-state index contributed by atoms with van der Waals surface area (Å²) in [5.41, 5.74) is 8.77. The minimum Gasteiger partial charge on any atom is -0.496 e. The highest BCUT2D eigenvalue weighted by Crippen LogP contribution is 2.21. The first-order valence-corrected chi connectivity index (χ1v) is 7.98. The number of aryl methyl sites for hydroxylation is 1. The molecule has 1 fully saturated rings. The van der Waals surface area contributed by atoms with Crippen LogP contribution in [0.4, 0.5) is 5.95 Å². The van der Waals surface area contributed by atoms with Crippen molar-refractivity contribution in [1.29, 1.82) is 0 Å². The number of nitrogen functional groups attached to an aromatic ring is 1. The predicted octanol–water partition coefficient (Wildman–Crippen LogP) is 1.50. The molecule has 0 spiro atoms. The van der Waals surface area contributed by atoms with Crippen molar-refractivity contribution in [2.75, 3.05) is 39.1 Å². The van der Waals surface area contributed by atoms with Crippen LogP contribution in [0.25, 0.3) is 0 Å². The van der Waals surface area contributed by atoms with Crippen molar-refractivity contribution in [2.45, 2.75) is 13.5 Å². The third-order valence-corrected chi connectivity index (χ3v) is 3.97. The molecule has 0 saturated carbocycles. The van der Waals surface area contributed by atoms with Crippen LogP contribution < -0.4 is 10.5 Å². The number of rotatable bonds is 5. The zero-order chi connectivity index (χ0) is 16.9. The fourth-order valence-corrected chi connectivity index (χ4v) is 2.73. The highest BCUT2D eigenvalue weighted by molar-refractivity contribution is 5.80. The monoisotopic (exact) mass is 329 g/mol. The highest BCUT2D eigenvalue weighted by Gasteiger charge is 2.13. The largest absolute Gasteiger partial charge is 0.496 e. The maximum Gasteiger partial charge on any atom is 0.221 e. The van der Waals surface area contributed by atoms with Gasteiger partial charge in [0.25, 0.3) is 0 Å². The second-order valence-electron chi connectivity index (χ2n) is 5.79. The fraction of sp³-hybridized carbons (Fsp3) is 0.412. The van der Waals surface area contributed by atoms with E-state index < -0.39 is 0 Å². The Bertz CT molecular complexity index is 720. The summed E-state index contributed by atoms with van der Waals surface area (Å²) >= 11 is 0. The molecule has 128 valence electrons. The summed E-state index contributed by atoms with van der Waals surface area (Å²) in [6.45, 7) is 6.15. The molecule has 2 aromatic rings. The summed E-state index contributed by atoms with van der Waals surface area (Å²) in [7, 11) is 1.70. The van der Waals surface area contributed by atoms with Crippen molar-refractivity contribution >= 4 is 12.2 Å². The van der Waals surface area contributed by atoms with E-state index in [1.807, 2.05) is 19.1 Å². The van der Waals surface area contributed by atoms with Crippen LogP contribution in [0.3, 0.4) is 0 Å². The van der Waals surface area contributed by atoms with Gasteiger partial charge in [0, 0.05) is 25.2 Å². The molecule has 2 heterocycles. The van der Waals surface area contributed by atoms with Crippen LogP contribution in [0.5, 0.6) is 5.75 Å². The Morgan fingerprint density at radius 1 is 1.38 bits per heavy atom. The zero-order valence-electron chi connectivity index (χ0n) is 14.1. The Labute approximate surface area is 141 Å². The first-order chi connectivity index (χ1) is 11.7. The lowest BCUT2D eigenvalue weighted by atomic mass is 10.1. The van der Waals surface area contributed by atoms with Crippen molar-refractivity contribution in [3.63, 3.8) is 0 Å². The molecular formula is C17H23N5O2. The Hall–Kier alpha value is -2.38. The SMILES string of the molecule is COc1ccc(C=Nn2cc(C)nc2N)cc1CN1CCOCC1. The molecule has 1 aliphatic heterocycles. The average molecular weight is 329 g/mol. The third kappa shape index (κ3) is 3.93. The molecule has 24 heavy (non-hydrogen) atoms. The van der Waals surface area contributed by atoms with Crippen LogP contribution in [0.2, 0.25) is 0 Å². The first kappa shape index (κ1) is 16.5. The Balaban J connectivity index is 1.78. The van der Waals surface area contributed by atoms with E-state index >= 15 is 0 Å². The van der Waals surface area contributed by atoms with E-state index in [2.05, 4.69) is 21.1 Å². The lowest BCUT2D eigenvalue weighted by molar-refractivity contribution is 0.0339. The quantitative estimate of drug-likeness (QED) is 0.841. The van der Waals surface area contributed by atoms with E-state index in [9.17, 15) is 0 Å². The van der Waals surface area contributed by atoms with Crippen molar-refractivity contribution in [3.8, 4) is 5.75 Å². The van der Waals surface area contributed by atoms with Gasteiger partial charge >= 0.3 is 0 Å². The average Bonchev–Trinajstić information content (AvgIpc) is 2.91. The smallest absolute Gasteiger partial charge is 0.221 e. The number of aromatic nitrogens is 2. The fourth-order valence-electron chi connectivity index (χ4n) is 2.73. The van der Waals surface area contributed by atoms with E-state index in [4.69, 9.17) is 15.2 Å². The molecule has 1 aromatic carbocycles. The molecule has 1 aromatic heterocycles. The van der Waals surface area contributed by atoms with Gasteiger partial charge in [0.05, 0.1) is 38.4 Å². The normalized spacial score (nSPS) is 15.9. The minimum absolute atomic E-state index is 0.380. The number of anilines is 1. The van der Waals surface area contributed by atoms with E-state index in [0.29, 0.717) is 5.95 Å². The summed E-state index contributed by atoms with van der Waals surface area (Å²) in [5, 5.41) is 4.37. The lowest BCUT2D eigenvalue weighted by Crippen LogP contribution is -2.35. The zero-order valence-corrected chi connectivity index (χ0v) is 14.1. The molecule has 2 N–H and O–H groups in total. The first-order valence-electron chi connectivity index (χ1n) is 7.98. The van der Waals surface area contributed by atoms with Gasteiger partial charge < -0.3 is 15.2 Å². The van der Waals surface area contributed by atoms with Crippen LogP contribution in [0.1, 0.15) is 16.8 Å². The van der Waals surface area contributed by atoms with E-state index in [1.54, 1.807) is 24.2 Å². The topological polar surface area (TPSA) is 77.9 Å². The van der Waals surface area contributed by atoms with Gasteiger partial charge in [-0.05, 0) is 30.7 Å².